The van der Waals surface area contributed by atoms with E-state index in [0.29, 0.717) is 5.41 Å². The summed E-state index contributed by atoms with van der Waals surface area (Å²) in [5.74, 6) is 0.807. The van der Waals surface area contributed by atoms with Gasteiger partial charge in [0.15, 0.2) is 0 Å². The van der Waals surface area contributed by atoms with Crippen molar-refractivity contribution in [2.24, 2.45) is 11.3 Å². The molecule has 1 aliphatic heterocycles. The molecule has 2 atom stereocenters. The first-order valence-electron chi connectivity index (χ1n) is 7.32. The van der Waals surface area contributed by atoms with Crippen LogP contribution in [0.3, 0.4) is 0 Å². The Morgan fingerprint density at radius 2 is 2.17 bits per heavy atom. The molecule has 18 heavy (non-hydrogen) atoms. The summed E-state index contributed by atoms with van der Waals surface area (Å²) in [6.45, 7) is 13.6. The SMILES string of the molecule is CCCNC(C#N)CCN1CCC(C(C)(C)C)C1. The van der Waals surface area contributed by atoms with Gasteiger partial charge in [0.05, 0.1) is 12.1 Å². The molecule has 0 aromatic carbocycles. The van der Waals surface area contributed by atoms with Crippen LogP contribution in [0.15, 0.2) is 0 Å². The molecule has 1 heterocycles. The van der Waals surface area contributed by atoms with Crippen LogP contribution in [0, 0.1) is 22.7 Å². The number of hydrogen-bond donors (Lipinski definition) is 1. The summed E-state index contributed by atoms with van der Waals surface area (Å²) in [5, 5.41) is 12.4. The van der Waals surface area contributed by atoms with Crippen molar-refractivity contribution in [1.29, 1.82) is 5.26 Å². The van der Waals surface area contributed by atoms with Crippen LogP contribution in [0.4, 0.5) is 0 Å². The van der Waals surface area contributed by atoms with Crippen molar-refractivity contribution >= 4 is 0 Å². The van der Waals surface area contributed by atoms with E-state index >= 15 is 0 Å². The zero-order chi connectivity index (χ0) is 13.6. The van der Waals surface area contributed by atoms with E-state index in [9.17, 15) is 0 Å². The lowest BCUT2D eigenvalue weighted by molar-refractivity contribution is 0.226. The Balaban J connectivity index is 2.27. The Kier molecular flexibility index (Phi) is 6.11. The van der Waals surface area contributed by atoms with Crippen molar-refractivity contribution in [2.45, 2.75) is 53.0 Å². The molecule has 0 saturated carbocycles. The van der Waals surface area contributed by atoms with Gasteiger partial charge in [-0.15, -0.1) is 0 Å². The minimum Gasteiger partial charge on any atom is -0.303 e. The minimum absolute atomic E-state index is 0.0265. The van der Waals surface area contributed by atoms with Gasteiger partial charge in [-0.3, -0.25) is 0 Å². The Morgan fingerprint density at radius 1 is 1.44 bits per heavy atom. The maximum absolute atomic E-state index is 9.08. The van der Waals surface area contributed by atoms with Crippen LogP contribution < -0.4 is 5.32 Å². The number of rotatable bonds is 6. The Morgan fingerprint density at radius 3 is 2.67 bits per heavy atom. The third-order valence-corrected chi connectivity index (χ3v) is 4.03. The van der Waals surface area contributed by atoms with E-state index in [1.165, 1.54) is 19.5 Å². The fraction of sp³-hybridized carbons (Fsp3) is 0.933. The van der Waals surface area contributed by atoms with Gasteiger partial charge >= 0.3 is 0 Å². The van der Waals surface area contributed by atoms with Gasteiger partial charge in [-0.05, 0) is 43.7 Å². The first kappa shape index (κ1) is 15.5. The molecule has 0 amide bonds. The first-order chi connectivity index (χ1) is 8.47. The standard InChI is InChI=1S/C15H29N3/c1-5-8-17-14(11-16)7-10-18-9-6-13(12-18)15(2,3)4/h13-14,17H,5-10,12H2,1-4H3. The number of nitrogens with one attached hydrogen (secondary N) is 1. The van der Waals surface area contributed by atoms with Gasteiger partial charge in [0.2, 0.25) is 0 Å². The lowest BCUT2D eigenvalue weighted by Gasteiger charge is -2.27. The molecule has 104 valence electrons. The van der Waals surface area contributed by atoms with Crippen LogP contribution in [0.1, 0.15) is 47.0 Å². The normalized spacial score (nSPS) is 22.9. The van der Waals surface area contributed by atoms with Crippen molar-refractivity contribution < 1.29 is 0 Å². The Hall–Kier alpha value is -0.590. The molecule has 0 aliphatic carbocycles. The van der Waals surface area contributed by atoms with Gasteiger partial charge < -0.3 is 10.2 Å². The molecule has 3 nitrogen and oxygen atoms in total. The van der Waals surface area contributed by atoms with E-state index in [1.54, 1.807) is 0 Å². The molecule has 0 radical (unpaired) electrons. The third kappa shape index (κ3) is 4.96. The average Bonchev–Trinajstić information content (AvgIpc) is 2.78. The van der Waals surface area contributed by atoms with Crippen molar-refractivity contribution in [3.8, 4) is 6.07 Å². The van der Waals surface area contributed by atoms with Crippen LogP contribution >= 0.6 is 0 Å². The highest BCUT2D eigenvalue weighted by atomic mass is 15.1. The summed E-state index contributed by atoms with van der Waals surface area (Å²) in [6.07, 6.45) is 3.35. The molecule has 1 aliphatic rings. The zero-order valence-electron chi connectivity index (χ0n) is 12.5. The average molecular weight is 251 g/mol. The minimum atomic E-state index is 0.0265. The fourth-order valence-corrected chi connectivity index (χ4v) is 2.59. The van der Waals surface area contributed by atoms with E-state index in [2.05, 4.69) is 44.0 Å². The second-order valence-electron chi connectivity index (χ2n) is 6.58. The molecule has 1 saturated heterocycles. The largest absolute Gasteiger partial charge is 0.303 e. The highest BCUT2D eigenvalue weighted by molar-refractivity contribution is 4.91. The van der Waals surface area contributed by atoms with Crippen molar-refractivity contribution in [3.05, 3.63) is 0 Å². The number of nitriles is 1. The lowest BCUT2D eigenvalue weighted by atomic mass is 9.80. The summed E-state index contributed by atoms with van der Waals surface area (Å²) < 4.78 is 0. The van der Waals surface area contributed by atoms with E-state index in [1.807, 2.05) is 0 Å². The summed E-state index contributed by atoms with van der Waals surface area (Å²) >= 11 is 0. The molecule has 1 rings (SSSR count). The lowest BCUT2D eigenvalue weighted by Crippen LogP contribution is -2.33. The predicted octanol–water partition coefficient (Wildman–Crippen LogP) is 2.64. The van der Waals surface area contributed by atoms with Gasteiger partial charge in [-0.2, -0.15) is 5.26 Å². The smallest absolute Gasteiger partial charge is 0.0965 e. The van der Waals surface area contributed by atoms with Crippen LogP contribution in [-0.4, -0.2) is 37.1 Å². The van der Waals surface area contributed by atoms with Gasteiger partial charge in [-0.1, -0.05) is 27.7 Å². The highest BCUT2D eigenvalue weighted by Gasteiger charge is 2.31. The van der Waals surface area contributed by atoms with Crippen LogP contribution in [0.2, 0.25) is 0 Å². The summed E-state index contributed by atoms with van der Waals surface area (Å²) in [7, 11) is 0. The molecule has 0 aromatic heterocycles. The predicted molar refractivity (Wildman–Crippen MR) is 76.3 cm³/mol. The zero-order valence-corrected chi connectivity index (χ0v) is 12.5. The van der Waals surface area contributed by atoms with Gasteiger partial charge in [-0.25, -0.2) is 0 Å². The summed E-state index contributed by atoms with van der Waals surface area (Å²) in [4.78, 5) is 2.52. The van der Waals surface area contributed by atoms with Crippen molar-refractivity contribution in [1.82, 2.24) is 10.2 Å². The molecule has 1 fully saturated rings. The van der Waals surface area contributed by atoms with Crippen molar-refractivity contribution in [3.63, 3.8) is 0 Å². The van der Waals surface area contributed by atoms with E-state index in [0.717, 1.165) is 31.8 Å². The molecule has 0 spiro atoms. The maximum atomic E-state index is 9.08. The van der Waals surface area contributed by atoms with Gasteiger partial charge in [0, 0.05) is 13.1 Å². The highest BCUT2D eigenvalue weighted by Crippen LogP contribution is 2.33. The van der Waals surface area contributed by atoms with Gasteiger partial charge in [0.25, 0.3) is 0 Å². The van der Waals surface area contributed by atoms with E-state index in [-0.39, 0.29) is 6.04 Å². The molecular weight excluding hydrogens is 222 g/mol. The second kappa shape index (κ2) is 7.11. The van der Waals surface area contributed by atoms with Crippen LogP contribution in [0.5, 0.6) is 0 Å². The Bertz CT molecular complexity index is 274. The second-order valence-corrected chi connectivity index (χ2v) is 6.58. The molecular formula is C15H29N3. The number of hydrogen-bond acceptors (Lipinski definition) is 3. The van der Waals surface area contributed by atoms with Gasteiger partial charge in [0.1, 0.15) is 0 Å². The Labute approximate surface area is 113 Å². The fourth-order valence-electron chi connectivity index (χ4n) is 2.59. The third-order valence-electron chi connectivity index (χ3n) is 4.03. The molecule has 3 heteroatoms. The number of nitrogens with zero attached hydrogens (tertiary/aromatic N) is 2. The molecule has 2 unspecified atom stereocenters. The first-order valence-corrected chi connectivity index (χ1v) is 7.32. The van der Waals surface area contributed by atoms with Crippen LogP contribution in [0.25, 0.3) is 0 Å². The topological polar surface area (TPSA) is 39.1 Å². The quantitative estimate of drug-likeness (QED) is 0.789. The molecule has 1 N–H and O–H groups in total. The monoisotopic (exact) mass is 251 g/mol. The number of likely N-dealkylation sites (tertiary alicyclic amines) is 1. The summed E-state index contributed by atoms with van der Waals surface area (Å²) in [5.41, 5.74) is 0.420. The van der Waals surface area contributed by atoms with Crippen molar-refractivity contribution in [2.75, 3.05) is 26.2 Å². The molecule has 0 aromatic rings. The van der Waals surface area contributed by atoms with E-state index < -0.39 is 0 Å². The molecule has 0 bridgehead atoms. The van der Waals surface area contributed by atoms with E-state index in [4.69, 9.17) is 5.26 Å². The maximum Gasteiger partial charge on any atom is 0.0965 e. The summed E-state index contributed by atoms with van der Waals surface area (Å²) in [6, 6.07) is 2.39. The van der Waals surface area contributed by atoms with Crippen LogP contribution in [-0.2, 0) is 0 Å².